The molecule has 32 heavy (non-hydrogen) atoms. The number of rotatable bonds is 7. The second-order valence-electron chi connectivity index (χ2n) is 7.60. The van der Waals surface area contributed by atoms with Crippen LogP contribution in [0.15, 0.2) is 82.2 Å². The molecule has 0 aliphatic carbocycles. The van der Waals surface area contributed by atoms with Crippen LogP contribution < -0.4 is 4.90 Å². The highest BCUT2D eigenvalue weighted by Gasteiger charge is 2.31. The molecule has 3 aromatic carbocycles. The molecule has 1 heterocycles. The average Bonchev–Trinajstić information content (AvgIpc) is 3.20. The van der Waals surface area contributed by atoms with E-state index in [4.69, 9.17) is 11.6 Å². The summed E-state index contributed by atoms with van der Waals surface area (Å²) in [7, 11) is -3.88. The Morgan fingerprint density at radius 1 is 1.03 bits per heavy atom. The highest BCUT2D eigenvalue weighted by atomic mass is 79.9. The standard InChI is InChI=1S/C24H22BrClN2O3S/c25-20-6-11-23-19(16-20)13-15-28(23)24(29)17-27(14-12-18-4-2-1-3-5-18)32(30,31)22-9-7-21(26)8-10-22/h1-11,16H,12-15,17H2. The maximum atomic E-state index is 13.4. The summed E-state index contributed by atoms with van der Waals surface area (Å²) in [5.74, 6) is -0.239. The van der Waals surface area contributed by atoms with E-state index in [9.17, 15) is 13.2 Å². The Kier molecular flexibility index (Phi) is 7.00. The van der Waals surface area contributed by atoms with E-state index in [1.807, 2.05) is 48.5 Å². The van der Waals surface area contributed by atoms with Crippen LogP contribution in [0.3, 0.4) is 0 Å². The summed E-state index contributed by atoms with van der Waals surface area (Å²) < 4.78 is 29.0. The molecular formula is C24H22BrClN2O3S. The Labute approximate surface area is 201 Å². The van der Waals surface area contributed by atoms with Crippen molar-refractivity contribution in [2.24, 2.45) is 0 Å². The normalized spacial score (nSPS) is 13.4. The molecule has 0 aromatic heterocycles. The average molecular weight is 534 g/mol. The molecule has 166 valence electrons. The molecule has 1 amide bonds. The van der Waals surface area contributed by atoms with E-state index in [-0.39, 0.29) is 23.9 Å². The van der Waals surface area contributed by atoms with Gasteiger partial charge in [0.05, 0.1) is 11.4 Å². The van der Waals surface area contributed by atoms with Crippen molar-refractivity contribution in [2.45, 2.75) is 17.7 Å². The fraction of sp³-hybridized carbons (Fsp3) is 0.208. The molecule has 0 N–H and O–H groups in total. The fourth-order valence-corrected chi connectivity index (χ4v) is 5.73. The summed E-state index contributed by atoms with van der Waals surface area (Å²) in [5.41, 5.74) is 2.92. The zero-order chi connectivity index (χ0) is 22.7. The maximum absolute atomic E-state index is 13.4. The topological polar surface area (TPSA) is 57.7 Å². The lowest BCUT2D eigenvalue weighted by Crippen LogP contribution is -2.43. The number of carbonyl (C=O) groups is 1. The Balaban J connectivity index is 1.59. The number of halogens is 2. The minimum atomic E-state index is -3.88. The van der Waals surface area contributed by atoms with Crippen LogP contribution in [0.25, 0.3) is 0 Å². The smallest absolute Gasteiger partial charge is 0.243 e. The minimum Gasteiger partial charge on any atom is -0.311 e. The van der Waals surface area contributed by atoms with E-state index in [0.29, 0.717) is 18.0 Å². The first kappa shape index (κ1) is 23.0. The van der Waals surface area contributed by atoms with Crippen molar-refractivity contribution in [3.63, 3.8) is 0 Å². The lowest BCUT2D eigenvalue weighted by atomic mass is 10.1. The molecule has 0 spiro atoms. The zero-order valence-corrected chi connectivity index (χ0v) is 20.4. The predicted molar refractivity (Wildman–Crippen MR) is 131 cm³/mol. The number of amides is 1. The number of benzene rings is 3. The van der Waals surface area contributed by atoms with Gasteiger partial charge in [0.15, 0.2) is 0 Å². The molecular weight excluding hydrogens is 512 g/mol. The van der Waals surface area contributed by atoms with Crippen molar-refractivity contribution in [1.29, 1.82) is 0 Å². The summed E-state index contributed by atoms with van der Waals surface area (Å²) >= 11 is 9.40. The van der Waals surface area contributed by atoms with Crippen LogP contribution in [0, 0.1) is 0 Å². The van der Waals surface area contributed by atoms with Gasteiger partial charge in [-0.1, -0.05) is 57.9 Å². The molecule has 5 nitrogen and oxygen atoms in total. The summed E-state index contributed by atoms with van der Waals surface area (Å²) in [6, 6.07) is 21.5. The van der Waals surface area contributed by atoms with Gasteiger partial charge >= 0.3 is 0 Å². The van der Waals surface area contributed by atoms with Crippen molar-refractivity contribution in [2.75, 3.05) is 24.5 Å². The van der Waals surface area contributed by atoms with Crippen molar-refractivity contribution in [1.82, 2.24) is 4.31 Å². The summed E-state index contributed by atoms with van der Waals surface area (Å²) in [6.45, 7) is 0.507. The van der Waals surface area contributed by atoms with Crippen LogP contribution in [0.1, 0.15) is 11.1 Å². The maximum Gasteiger partial charge on any atom is 0.243 e. The quantitative estimate of drug-likeness (QED) is 0.433. The van der Waals surface area contributed by atoms with Crippen LogP contribution in [0.5, 0.6) is 0 Å². The van der Waals surface area contributed by atoms with E-state index in [0.717, 1.165) is 27.7 Å². The highest BCUT2D eigenvalue weighted by molar-refractivity contribution is 9.10. The molecule has 1 aliphatic rings. The van der Waals surface area contributed by atoms with Gasteiger partial charge in [-0.3, -0.25) is 4.79 Å². The van der Waals surface area contributed by atoms with Gasteiger partial charge in [-0.05, 0) is 66.4 Å². The second-order valence-corrected chi connectivity index (χ2v) is 10.9. The van der Waals surface area contributed by atoms with Gasteiger partial charge < -0.3 is 4.90 Å². The third-order valence-electron chi connectivity index (χ3n) is 5.49. The van der Waals surface area contributed by atoms with Gasteiger partial charge in [0.1, 0.15) is 0 Å². The number of sulfonamides is 1. The van der Waals surface area contributed by atoms with Crippen LogP contribution >= 0.6 is 27.5 Å². The van der Waals surface area contributed by atoms with Crippen molar-refractivity contribution < 1.29 is 13.2 Å². The Hall–Kier alpha value is -2.19. The van der Waals surface area contributed by atoms with E-state index in [2.05, 4.69) is 15.9 Å². The summed E-state index contributed by atoms with van der Waals surface area (Å²) in [4.78, 5) is 15.0. The fourth-order valence-electron chi connectivity index (χ4n) is 3.80. The monoisotopic (exact) mass is 532 g/mol. The van der Waals surface area contributed by atoms with Crippen LogP contribution in [0.4, 0.5) is 5.69 Å². The van der Waals surface area contributed by atoms with E-state index < -0.39 is 10.0 Å². The van der Waals surface area contributed by atoms with Crippen molar-refractivity contribution >= 4 is 49.1 Å². The lowest BCUT2D eigenvalue weighted by molar-refractivity contribution is -0.118. The molecule has 0 saturated carbocycles. The van der Waals surface area contributed by atoms with Gasteiger partial charge in [0, 0.05) is 28.3 Å². The first-order valence-corrected chi connectivity index (χ1v) is 12.8. The molecule has 0 atom stereocenters. The van der Waals surface area contributed by atoms with Crippen LogP contribution in [-0.4, -0.2) is 38.3 Å². The van der Waals surface area contributed by atoms with Crippen molar-refractivity contribution in [3.8, 4) is 0 Å². The van der Waals surface area contributed by atoms with Gasteiger partial charge in [-0.15, -0.1) is 0 Å². The number of nitrogens with zero attached hydrogens (tertiary/aromatic N) is 2. The van der Waals surface area contributed by atoms with Crippen LogP contribution in [-0.2, 0) is 27.7 Å². The highest BCUT2D eigenvalue weighted by Crippen LogP contribution is 2.31. The molecule has 0 bridgehead atoms. The molecule has 0 unspecified atom stereocenters. The zero-order valence-electron chi connectivity index (χ0n) is 17.2. The van der Waals surface area contributed by atoms with Gasteiger partial charge in [-0.2, -0.15) is 4.31 Å². The third-order valence-corrected chi connectivity index (χ3v) is 8.10. The molecule has 1 aliphatic heterocycles. The van der Waals surface area contributed by atoms with E-state index in [1.165, 1.54) is 16.4 Å². The first-order valence-electron chi connectivity index (χ1n) is 10.2. The number of fused-ring (bicyclic) bond motifs is 1. The molecule has 0 fully saturated rings. The number of hydrogen-bond donors (Lipinski definition) is 0. The van der Waals surface area contributed by atoms with E-state index >= 15 is 0 Å². The SMILES string of the molecule is O=C(CN(CCc1ccccc1)S(=O)(=O)c1ccc(Cl)cc1)N1CCc2cc(Br)ccc21. The lowest BCUT2D eigenvalue weighted by Gasteiger charge is -2.25. The summed E-state index contributed by atoms with van der Waals surface area (Å²) in [5, 5.41) is 0.454. The van der Waals surface area contributed by atoms with Gasteiger partial charge in [0.2, 0.25) is 15.9 Å². The Morgan fingerprint density at radius 2 is 1.75 bits per heavy atom. The number of carbonyl (C=O) groups excluding carboxylic acids is 1. The minimum absolute atomic E-state index is 0.119. The molecule has 0 saturated heterocycles. The molecule has 0 radical (unpaired) electrons. The Morgan fingerprint density at radius 3 is 2.47 bits per heavy atom. The Bertz CT molecular complexity index is 1220. The third kappa shape index (κ3) is 5.07. The van der Waals surface area contributed by atoms with E-state index in [1.54, 1.807) is 17.0 Å². The predicted octanol–water partition coefficient (Wildman–Crippen LogP) is 4.93. The largest absolute Gasteiger partial charge is 0.311 e. The molecule has 3 aromatic rings. The molecule has 8 heteroatoms. The van der Waals surface area contributed by atoms with Gasteiger partial charge in [0.25, 0.3) is 0 Å². The summed E-state index contributed by atoms with van der Waals surface area (Å²) in [6.07, 6.45) is 1.25. The van der Waals surface area contributed by atoms with Crippen molar-refractivity contribution in [3.05, 3.63) is 93.4 Å². The number of anilines is 1. The van der Waals surface area contributed by atoms with Crippen LogP contribution in [0.2, 0.25) is 5.02 Å². The first-order chi connectivity index (χ1) is 15.3. The number of hydrogen-bond acceptors (Lipinski definition) is 3. The second kappa shape index (κ2) is 9.75. The molecule has 4 rings (SSSR count). The van der Waals surface area contributed by atoms with Gasteiger partial charge in [-0.25, -0.2) is 8.42 Å².